The van der Waals surface area contributed by atoms with Crippen LogP contribution in [0.5, 0.6) is 0 Å². The summed E-state index contributed by atoms with van der Waals surface area (Å²) in [5.74, 6) is 3.23. The smallest absolute Gasteiger partial charge is 0.0443 e. The average Bonchev–Trinajstić information content (AvgIpc) is 2.36. The zero-order chi connectivity index (χ0) is 14.2. The van der Waals surface area contributed by atoms with Gasteiger partial charge in [-0.1, -0.05) is 0 Å². The topological polar surface area (TPSA) is 23.5 Å². The maximum absolute atomic E-state index is 9.07. The number of rotatable bonds is 7. The standard InChI is InChI=1S/C18H33NO/c1-14(2)19(5-3-7-20)6-4-18-11-15-8-16(12-18)10-17(9-15)13-18/h14-17,20H,3-13H2,1-2H3. The monoisotopic (exact) mass is 279 g/mol. The second-order valence-electron chi connectivity index (χ2n) is 8.37. The van der Waals surface area contributed by atoms with Crippen molar-refractivity contribution in [1.82, 2.24) is 4.90 Å². The van der Waals surface area contributed by atoms with E-state index in [4.69, 9.17) is 5.11 Å². The molecule has 4 rings (SSSR count). The van der Waals surface area contributed by atoms with E-state index in [1.807, 2.05) is 0 Å². The summed E-state index contributed by atoms with van der Waals surface area (Å²) in [6, 6.07) is 0.621. The molecule has 4 fully saturated rings. The lowest BCUT2D eigenvalue weighted by atomic mass is 9.49. The van der Waals surface area contributed by atoms with Crippen molar-refractivity contribution in [1.29, 1.82) is 0 Å². The highest BCUT2D eigenvalue weighted by Crippen LogP contribution is 2.61. The summed E-state index contributed by atoms with van der Waals surface area (Å²) in [6.45, 7) is 7.26. The van der Waals surface area contributed by atoms with Crippen molar-refractivity contribution in [2.24, 2.45) is 23.2 Å². The van der Waals surface area contributed by atoms with Crippen LogP contribution in [0, 0.1) is 23.2 Å². The van der Waals surface area contributed by atoms with E-state index in [9.17, 15) is 0 Å². The Labute approximate surface area is 124 Å². The van der Waals surface area contributed by atoms with Crippen molar-refractivity contribution in [3.63, 3.8) is 0 Å². The van der Waals surface area contributed by atoms with E-state index in [0.717, 1.165) is 30.7 Å². The lowest BCUT2D eigenvalue weighted by Crippen LogP contribution is -2.47. The summed E-state index contributed by atoms with van der Waals surface area (Å²) in [6.07, 6.45) is 11.6. The second-order valence-corrected chi connectivity index (χ2v) is 8.37. The van der Waals surface area contributed by atoms with Crippen LogP contribution >= 0.6 is 0 Å². The molecule has 20 heavy (non-hydrogen) atoms. The highest BCUT2D eigenvalue weighted by Gasteiger charge is 2.50. The van der Waals surface area contributed by atoms with Crippen molar-refractivity contribution in [2.45, 2.75) is 71.3 Å². The molecule has 0 amide bonds. The molecule has 0 atom stereocenters. The Balaban J connectivity index is 1.56. The summed E-state index contributed by atoms with van der Waals surface area (Å²) in [7, 11) is 0. The van der Waals surface area contributed by atoms with Gasteiger partial charge < -0.3 is 10.0 Å². The highest BCUT2D eigenvalue weighted by atomic mass is 16.3. The lowest BCUT2D eigenvalue weighted by molar-refractivity contribution is -0.0620. The van der Waals surface area contributed by atoms with Gasteiger partial charge in [0.15, 0.2) is 0 Å². The van der Waals surface area contributed by atoms with Crippen molar-refractivity contribution in [3.05, 3.63) is 0 Å². The molecule has 4 aliphatic carbocycles. The van der Waals surface area contributed by atoms with E-state index in [-0.39, 0.29) is 0 Å². The zero-order valence-corrected chi connectivity index (χ0v) is 13.5. The molecule has 0 aromatic rings. The fraction of sp³-hybridized carbons (Fsp3) is 1.00. The zero-order valence-electron chi connectivity index (χ0n) is 13.5. The van der Waals surface area contributed by atoms with Gasteiger partial charge in [0, 0.05) is 19.2 Å². The Hall–Kier alpha value is -0.0800. The quantitative estimate of drug-likeness (QED) is 0.768. The Kier molecular flexibility index (Phi) is 4.42. The summed E-state index contributed by atoms with van der Waals surface area (Å²) in [5, 5.41) is 9.07. The summed E-state index contributed by atoms with van der Waals surface area (Å²) < 4.78 is 0. The molecule has 2 heteroatoms. The van der Waals surface area contributed by atoms with Crippen LogP contribution in [0.15, 0.2) is 0 Å². The summed E-state index contributed by atoms with van der Waals surface area (Å²) >= 11 is 0. The van der Waals surface area contributed by atoms with Gasteiger partial charge in [-0.25, -0.2) is 0 Å². The summed E-state index contributed by atoms with van der Waals surface area (Å²) in [5.41, 5.74) is 0.709. The molecule has 2 nitrogen and oxygen atoms in total. The Bertz CT molecular complexity index is 290. The average molecular weight is 279 g/mol. The molecule has 0 aromatic carbocycles. The fourth-order valence-electron chi connectivity index (χ4n) is 5.88. The SMILES string of the molecule is CC(C)N(CCCO)CCC12CC3CC(CC(C3)C1)C2. The first kappa shape index (κ1) is 14.8. The van der Waals surface area contributed by atoms with Gasteiger partial charge in [0.2, 0.25) is 0 Å². The largest absolute Gasteiger partial charge is 0.396 e. The van der Waals surface area contributed by atoms with E-state index in [1.165, 1.54) is 32.2 Å². The third-order valence-corrected chi connectivity index (χ3v) is 6.43. The molecule has 0 radical (unpaired) electrons. The Morgan fingerprint density at radius 3 is 2.00 bits per heavy atom. The first-order valence-electron chi connectivity index (χ1n) is 8.95. The fourth-order valence-corrected chi connectivity index (χ4v) is 5.88. The van der Waals surface area contributed by atoms with Gasteiger partial charge in [-0.05, 0) is 94.9 Å². The maximum Gasteiger partial charge on any atom is 0.0443 e. The molecule has 0 heterocycles. The number of nitrogens with zero attached hydrogens (tertiary/aromatic N) is 1. The first-order valence-corrected chi connectivity index (χ1v) is 8.95. The van der Waals surface area contributed by atoms with Crippen LogP contribution in [0.1, 0.15) is 65.2 Å². The van der Waals surface area contributed by atoms with Crippen LogP contribution in [0.3, 0.4) is 0 Å². The van der Waals surface area contributed by atoms with Gasteiger partial charge in [-0.15, -0.1) is 0 Å². The van der Waals surface area contributed by atoms with Gasteiger partial charge in [0.1, 0.15) is 0 Å². The molecule has 4 saturated carbocycles. The van der Waals surface area contributed by atoms with Gasteiger partial charge in [0.25, 0.3) is 0 Å². The lowest BCUT2D eigenvalue weighted by Gasteiger charge is -2.57. The number of aliphatic hydroxyl groups is 1. The molecule has 116 valence electrons. The molecule has 4 bridgehead atoms. The van der Waals surface area contributed by atoms with E-state index in [0.29, 0.717) is 18.1 Å². The molecule has 0 saturated heterocycles. The van der Waals surface area contributed by atoms with Gasteiger partial charge in [0.05, 0.1) is 0 Å². The van der Waals surface area contributed by atoms with Crippen LogP contribution in [-0.2, 0) is 0 Å². The summed E-state index contributed by atoms with van der Waals surface area (Å²) in [4.78, 5) is 2.59. The molecule has 0 spiro atoms. The van der Waals surface area contributed by atoms with E-state index in [2.05, 4.69) is 18.7 Å². The third kappa shape index (κ3) is 3.06. The number of hydrogen-bond acceptors (Lipinski definition) is 2. The van der Waals surface area contributed by atoms with Crippen molar-refractivity contribution in [2.75, 3.05) is 19.7 Å². The number of hydrogen-bond donors (Lipinski definition) is 1. The molecular weight excluding hydrogens is 246 g/mol. The van der Waals surface area contributed by atoms with Gasteiger partial charge >= 0.3 is 0 Å². The van der Waals surface area contributed by atoms with Gasteiger partial charge in [-0.2, -0.15) is 0 Å². The third-order valence-electron chi connectivity index (χ3n) is 6.43. The minimum Gasteiger partial charge on any atom is -0.396 e. The Morgan fingerprint density at radius 2 is 1.55 bits per heavy atom. The van der Waals surface area contributed by atoms with E-state index >= 15 is 0 Å². The van der Waals surface area contributed by atoms with Crippen LogP contribution < -0.4 is 0 Å². The molecule has 0 aliphatic heterocycles. The molecule has 4 aliphatic rings. The van der Waals surface area contributed by atoms with Crippen molar-refractivity contribution < 1.29 is 5.11 Å². The van der Waals surface area contributed by atoms with E-state index < -0.39 is 0 Å². The second kappa shape index (κ2) is 5.96. The Morgan fingerprint density at radius 1 is 1.00 bits per heavy atom. The minimum atomic E-state index is 0.334. The van der Waals surface area contributed by atoms with Crippen LogP contribution in [-0.4, -0.2) is 35.7 Å². The minimum absolute atomic E-state index is 0.334. The predicted octanol–water partition coefficient (Wildman–Crippen LogP) is 3.69. The van der Waals surface area contributed by atoms with Crippen LogP contribution in [0.2, 0.25) is 0 Å². The predicted molar refractivity (Wildman–Crippen MR) is 83.6 cm³/mol. The van der Waals surface area contributed by atoms with Crippen molar-refractivity contribution in [3.8, 4) is 0 Å². The molecule has 1 N–H and O–H groups in total. The van der Waals surface area contributed by atoms with Crippen LogP contribution in [0.25, 0.3) is 0 Å². The van der Waals surface area contributed by atoms with Gasteiger partial charge in [-0.3, -0.25) is 0 Å². The van der Waals surface area contributed by atoms with E-state index in [1.54, 1.807) is 19.3 Å². The molecule has 0 aromatic heterocycles. The number of aliphatic hydroxyl groups excluding tert-OH is 1. The van der Waals surface area contributed by atoms with Crippen LogP contribution in [0.4, 0.5) is 0 Å². The maximum atomic E-state index is 9.07. The first-order chi connectivity index (χ1) is 9.60. The molecular formula is C18H33NO. The van der Waals surface area contributed by atoms with Crippen molar-refractivity contribution >= 4 is 0 Å². The highest BCUT2D eigenvalue weighted by molar-refractivity contribution is 5.01. The normalized spacial score (nSPS) is 39.1. The molecule has 0 unspecified atom stereocenters.